The van der Waals surface area contributed by atoms with E-state index in [1.54, 1.807) is 6.26 Å². The Morgan fingerprint density at radius 2 is 1.70 bits per heavy atom. The van der Waals surface area contributed by atoms with E-state index in [9.17, 15) is 0 Å². The van der Waals surface area contributed by atoms with Crippen molar-refractivity contribution in [3.8, 4) is 0 Å². The van der Waals surface area contributed by atoms with Gasteiger partial charge >= 0.3 is 0 Å². The molecule has 0 radical (unpaired) electrons. The molecule has 1 aromatic carbocycles. The van der Waals surface area contributed by atoms with E-state index in [0.717, 1.165) is 6.61 Å². The maximum Gasteiger partial charge on any atom is 0.0896 e. The highest BCUT2D eigenvalue weighted by molar-refractivity contribution is 7.79. The molecule has 2 heteroatoms. The molecule has 0 fully saturated rings. The zero-order chi connectivity index (χ0) is 15.5. The van der Waals surface area contributed by atoms with Crippen LogP contribution in [0.4, 0.5) is 0 Å². The van der Waals surface area contributed by atoms with Crippen LogP contribution in [0.25, 0.3) is 11.1 Å². The Morgan fingerprint density at radius 3 is 2.20 bits per heavy atom. The van der Waals surface area contributed by atoms with Crippen LogP contribution in [0.2, 0.25) is 0 Å². The molecule has 0 aliphatic rings. The molecular weight excluding hydrogens is 264 g/mol. The predicted molar refractivity (Wildman–Crippen MR) is 95.1 cm³/mol. The van der Waals surface area contributed by atoms with Crippen molar-refractivity contribution in [2.24, 2.45) is 5.92 Å². The normalized spacial score (nSPS) is 12.0. The van der Waals surface area contributed by atoms with Crippen molar-refractivity contribution in [2.75, 3.05) is 12.9 Å². The maximum absolute atomic E-state index is 5.56. The smallest absolute Gasteiger partial charge is 0.0896 e. The van der Waals surface area contributed by atoms with Gasteiger partial charge < -0.3 is 4.74 Å². The molecule has 0 unspecified atom stereocenters. The fourth-order valence-electron chi connectivity index (χ4n) is 1.61. The second kappa shape index (κ2) is 10.6. The van der Waals surface area contributed by atoms with Gasteiger partial charge in [-0.2, -0.15) is 12.6 Å². The van der Waals surface area contributed by atoms with Gasteiger partial charge in [-0.15, -0.1) is 0 Å². The minimum atomic E-state index is 0.561. The zero-order valence-corrected chi connectivity index (χ0v) is 14.5. The number of benzene rings is 1. The minimum absolute atomic E-state index is 0.561. The van der Waals surface area contributed by atoms with Crippen molar-refractivity contribution in [2.45, 2.75) is 34.6 Å². The molecule has 1 rings (SSSR count). The van der Waals surface area contributed by atoms with Crippen LogP contribution in [0.15, 0.2) is 36.6 Å². The summed E-state index contributed by atoms with van der Waals surface area (Å²) in [5.41, 5.74) is 4.96. The molecule has 1 aromatic rings. The average molecular weight is 292 g/mol. The van der Waals surface area contributed by atoms with Crippen molar-refractivity contribution >= 4 is 23.8 Å². The van der Waals surface area contributed by atoms with Crippen LogP contribution in [0.1, 0.15) is 45.7 Å². The topological polar surface area (TPSA) is 9.23 Å². The first-order valence-corrected chi connectivity index (χ1v) is 7.91. The Labute approximate surface area is 130 Å². The van der Waals surface area contributed by atoms with Gasteiger partial charge in [0, 0.05) is 0 Å². The SMILES string of the molecule is C/C=C(\C)c1cccc(/C(C)=C/OCC(C)C)c1.CS. The van der Waals surface area contributed by atoms with Crippen molar-refractivity contribution in [1.29, 1.82) is 0 Å². The number of thiol groups is 1. The van der Waals surface area contributed by atoms with E-state index in [4.69, 9.17) is 4.74 Å². The van der Waals surface area contributed by atoms with Gasteiger partial charge in [-0.1, -0.05) is 38.1 Å². The van der Waals surface area contributed by atoms with Crippen LogP contribution in [-0.4, -0.2) is 12.9 Å². The summed E-state index contributed by atoms with van der Waals surface area (Å²) in [5.74, 6) is 0.561. The van der Waals surface area contributed by atoms with Crippen LogP contribution in [0.3, 0.4) is 0 Å². The molecule has 0 amide bonds. The van der Waals surface area contributed by atoms with E-state index in [1.165, 1.54) is 22.3 Å². The lowest BCUT2D eigenvalue weighted by atomic mass is 10.0. The Morgan fingerprint density at radius 1 is 1.15 bits per heavy atom. The molecule has 1 nitrogen and oxygen atoms in total. The summed E-state index contributed by atoms with van der Waals surface area (Å²) in [5, 5.41) is 0. The van der Waals surface area contributed by atoms with E-state index in [2.05, 4.69) is 77.6 Å². The van der Waals surface area contributed by atoms with Gasteiger partial charge in [-0.25, -0.2) is 0 Å². The Balaban J connectivity index is 0.00000172. The van der Waals surface area contributed by atoms with E-state index >= 15 is 0 Å². The lowest BCUT2D eigenvalue weighted by Crippen LogP contribution is -1.97. The first-order valence-electron chi connectivity index (χ1n) is 7.01. The highest BCUT2D eigenvalue weighted by Crippen LogP contribution is 2.20. The molecule has 0 spiro atoms. The van der Waals surface area contributed by atoms with Crippen LogP contribution >= 0.6 is 12.6 Å². The maximum atomic E-state index is 5.56. The second-order valence-electron chi connectivity index (χ2n) is 5.08. The third kappa shape index (κ3) is 6.85. The summed E-state index contributed by atoms with van der Waals surface area (Å²) in [6.07, 6.45) is 5.69. The predicted octanol–water partition coefficient (Wildman–Crippen LogP) is 5.69. The molecule has 0 heterocycles. The van der Waals surface area contributed by atoms with Crippen LogP contribution in [0, 0.1) is 5.92 Å². The monoisotopic (exact) mass is 292 g/mol. The van der Waals surface area contributed by atoms with E-state index in [1.807, 2.05) is 6.26 Å². The lowest BCUT2D eigenvalue weighted by Gasteiger charge is -2.08. The van der Waals surface area contributed by atoms with Gasteiger partial charge in [0.05, 0.1) is 12.9 Å². The zero-order valence-electron chi connectivity index (χ0n) is 13.6. The van der Waals surface area contributed by atoms with Crippen LogP contribution in [-0.2, 0) is 4.74 Å². The number of hydrogen-bond acceptors (Lipinski definition) is 2. The van der Waals surface area contributed by atoms with E-state index < -0.39 is 0 Å². The van der Waals surface area contributed by atoms with Crippen molar-refractivity contribution in [3.05, 3.63) is 47.7 Å². The van der Waals surface area contributed by atoms with Gasteiger partial charge in [0.2, 0.25) is 0 Å². The fourth-order valence-corrected chi connectivity index (χ4v) is 1.61. The summed E-state index contributed by atoms with van der Waals surface area (Å²) in [4.78, 5) is 0. The summed E-state index contributed by atoms with van der Waals surface area (Å²) in [7, 11) is 0. The third-order valence-corrected chi connectivity index (χ3v) is 2.90. The first kappa shape index (κ1) is 18.9. The van der Waals surface area contributed by atoms with Crippen molar-refractivity contribution in [1.82, 2.24) is 0 Å². The summed E-state index contributed by atoms with van der Waals surface area (Å²) in [6, 6.07) is 8.56. The van der Waals surface area contributed by atoms with Crippen molar-refractivity contribution in [3.63, 3.8) is 0 Å². The molecule has 0 aliphatic carbocycles. The minimum Gasteiger partial charge on any atom is -0.501 e. The lowest BCUT2D eigenvalue weighted by molar-refractivity contribution is 0.212. The van der Waals surface area contributed by atoms with Crippen LogP contribution in [0.5, 0.6) is 0 Å². The Kier molecular flexibility index (Phi) is 10.0. The van der Waals surface area contributed by atoms with Gasteiger partial charge in [-0.3, -0.25) is 0 Å². The molecule has 112 valence electrons. The highest BCUT2D eigenvalue weighted by atomic mass is 32.1. The molecule has 0 N–H and O–H groups in total. The average Bonchev–Trinajstić information content (AvgIpc) is 2.48. The van der Waals surface area contributed by atoms with E-state index in [0.29, 0.717) is 5.92 Å². The van der Waals surface area contributed by atoms with Gasteiger partial charge in [0.15, 0.2) is 0 Å². The van der Waals surface area contributed by atoms with Crippen molar-refractivity contribution < 1.29 is 4.74 Å². The molecule has 0 aliphatic heterocycles. The number of ether oxygens (including phenoxy) is 1. The molecule has 0 saturated carbocycles. The highest BCUT2D eigenvalue weighted by Gasteiger charge is 2.00. The summed E-state index contributed by atoms with van der Waals surface area (Å²) < 4.78 is 5.56. The Bertz CT molecular complexity index is 444. The first-order chi connectivity index (χ1) is 9.54. The largest absolute Gasteiger partial charge is 0.501 e. The molecule has 0 aromatic heterocycles. The molecule has 0 bridgehead atoms. The Hall–Kier alpha value is -1.15. The standard InChI is InChI=1S/C17H24O.CH4S/c1-6-14(4)16-8-7-9-17(10-16)15(5)12-18-11-13(2)3;1-2/h6-10,12-13H,11H2,1-5H3;2H,1H3/b14-6+,15-12+;. The van der Waals surface area contributed by atoms with Crippen LogP contribution < -0.4 is 0 Å². The molecule has 0 atom stereocenters. The summed E-state index contributed by atoms with van der Waals surface area (Å²) >= 11 is 3.53. The number of hydrogen-bond donors (Lipinski definition) is 1. The third-order valence-electron chi connectivity index (χ3n) is 2.90. The van der Waals surface area contributed by atoms with E-state index in [-0.39, 0.29) is 0 Å². The second-order valence-corrected chi connectivity index (χ2v) is 5.08. The molecule has 0 saturated heterocycles. The van der Waals surface area contributed by atoms with Gasteiger partial charge in [0.25, 0.3) is 0 Å². The summed E-state index contributed by atoms with van der Waals surface area (Å²) in [6.45, 7) is 11.4. The molecule has 20 heavy (non-hydrogen) atoms. The number of allylic oxidation sites excluding steroid dienone is 3. The quantitative estimate of drug-likeness (QED) is 0.542. The van der Waals surface area contributed by atoms with Gasteiger partial charge in [-0.05, 0) is 61.3 Å². The molecular formula is C18H28OS. The fraction of sp³-hybridized carbons (Fsp3) is 0.444. The number of rotatable bonds is 5. The van der Waals surface area contributed by atoms with Gasteiger partial charge in [0.1, 0.15) is 0 Å².